The topological polar surface area (TPSA) is 78.4 Å². The molecule has 19 heavy (non-hydrogen) atoms. The first-order valence-corrected chi connectivity index (χ1v) is 7.23. The Morgan fingerprint density at radius 3 is 2.47 bits per heavy atom. The molecule has 0 aliphatic heterocycles. The van der Waals surface area contributed by atoms with Gasteiger partial charge in [-0.05, 0) is 42.2 Å². The molecule has 1 aromatic heterocycles. The number of hydrogen-bond acceptors (Lipinski definition) is 3. The Morgan fingerprint density at radius 1 is 1.42 bits per heavy atom. The average molecular weight is 284 g/mol. The molecule has 0 aliphatic carbocycles. The molecule has 0 radical (unpaired) electrons. The summed E-state index contributed by atoms with van der Waals surface area (Å²) in [7, 11) is 0. The van der Waals surface area contributed by atoms with Gasteiger partial charge in [-0.25, -0.2) is 9.59 Å². The van der Waals surface area contributed by atoms with Gasteiger partial charge in [0.15, 0.2) is 0 Å². The predicted octanol–water partition coefficient (Wildman–Crippen LogP) is 2.75. The first kappa shape index (κ1) is 15.5. The highest BCUT2D eigenvalue weighted by Gasteiger charge is 2.36. The molecule has 1 heterocycles. The molecule has 3 N–H and O–H groups in total. The van der Waals surface area contributed by atoms with Crippen LogP contribution in [0.3, 0.4) is 0 Å². The second-order valence-corrected chi connectivity index (χ2v) is 5.25. The van der Waals surface area contributed by atoms with Gasteiger partial charge in [0.25, 0.3) is 0 Å². The monoisotopic (exact) mass is 284 g/mol. The molecule has 1 atom stereocenters. The number of rotatable bonds is 6. The van der Waals surface area contributed by atoms with E-state index in [1.807, 2.05) is 23.8 Å². The van der Waals surface area contributed by atoms with E-state index in [0.29, 0.717) is 12.8 Å². The molecule has 0 aromatic carbocycles. The highest BCUT2D eigenvalue weighted by molar-refractivity contribution is 7.07. The SMILES string of the molecule is CCC(CC)(NC(=O)NC(C)c1ccsc1)C(=O)O. The number of carbonyl (C=O) groups is 2. The van der Waals surface area contributed by atoms with Gasteiger partial charge in [0, 0.05) is 0 Å². The van der Waals surface area contributed by atoms with Crippen LogP contribution in [0.4, 0.5) is 4.79 Å². The quantitative estimate of drug-likeness (QED) is 0.751. The zero-order valence-corrected chi connectivity index (χ0v) is 12.2. The highest BCUT2D eigenvalue weighted by atomic mass is 32.1. The first-order chi connectivity index (χ1) is 8.95. The van der Waals surface area contributed by atoms with E-state index in [0.717, 1.165) is 5.56 Å². The number of amides is 2. The van der Waals surface area contributed by atoms with E-state index >= 15 is 0 Å². The summed E-state index contributed by atoms with van der Waals surface area (Å²) < 4.78 is 0. The van der Waals surface area contributed by atoms with E-state index in [-0.39, 0.29) is 6.04 Å². The molecule has 2 amide bonds. The molecule has 106 valence electrons. The second kappa shape index (κ2) is 6.56. The van der Waals surface area contributed by atoms with Crippen LogP contribution in [-0.2, 0) is 4.79 Å². The van der Waals surface area contributed by atoms with Gasteiger partial charge in [-0.1, -0.05) is 13.8 Å². The number of nitrogens with one attached hydrogen (secondary N) is 2. The molecular formula is C13H20N2O3S. The Morgan fingerprint density at radius 2 is 2.05 bits per heavy atom. The minimum Gasteiger partial charge on any atom is -0.480 e. The van der Waals surface area contributed by atoms with Crippen molar-refractivity contribution >= 4 is 23.3 Å². The lowest BCUT2D eigenvalue weighted by Gasteiger charge is -2.28. The van der Waals surface area contributed by atoms with Crippen LogP contribution < -0.4 is 10.6 Å². The summed E-state index contributed by atoms with van der Waals surface area (Å²) in [6.45, 7) is 5.36. The van der Waals surface area contributed by atoms with Crippen molar-refractivity contribution in [3.8, 4) is 0 Å². The van der Waals surface area contributed by atoms with Gasteiger partial charge >= 0.3 is 12.0 Å². The zero-order valence-electron chi connectivity index (χ0n) is 11.4. The number of thiophene rings is 1. The summed E-state index contributed by atoms with van der Waals surface area (Å²) in [4.78, 5) is 23.2. The predicted molar refractivity (Wildman–Crippen MR) is 75.4 cm³/mol. The van der Waals surface area contributed by atoms with Crippen molar-refractivity contribution in [1.82, 2.24) is 10.6 Å². The van der Waals surface area contributed by atoms with Gasteiger partial charge in [0.2, 0.25) is 0 Å². The Labute approximate surface area is 117 Å². The Balaban J connectivity index is 2.66. The highest BCUT2D eigenvalue weighted by Crippen LogP contribution is 2.17. The van der Waals surface area contributed by atoms with Gasteiger partial charge in [-0.15, -0.1) is 0 Å². The number of hydrogen-bond donors (Lipinski definition) is 3. The maximum Gasteiger partial charge on any atom is 0.329 e. The van der Waals surface area contributed by atoms with Crippen molar-refractivity contribution in [1.29, 1.82) is 0 Å². The first-order valence-electron chi connectivity index (χ1n) is 6.29. The number of carbonyl (C=O) groups excluding carboxylic acids is 1. The molecule has 0 spiro atoms. The smallest absolute Gasteiger partial charge is 0.329 e. The molecule has 5 nitrogen and oxygen atoms in total. The van der Waals surface area contributed by atoms with Crippen LogP contribution in [-0.4, -0.2) is 22.6 Å². The Bertz CT molecular complexity index is 427. The minimum atomic E-state index is -1.20. The lowest BCUT2D eigenvalue weighted by Crippen LogP contribution is -2.56. The van der Waals surface area contributed by atoms with Gasteiger partial charge in [-0.3, -0.25) is 0 Å². The van der Waals surface area contributed by atoms with E-state index < -0.39 is 17.5 Å². The van der Waals surface area contributed by atoms with Crippen molar-refractivity contribution in [2.24, 2.45) is 0 Å². The standard InChI is InChI=1S/C13H20N2O3S/c1-4-13(5-2,11(16)17)15-12(18)14-9(3)10-6-7-19-8-10/h6-9H,4-5H2,1-3H3,(H,16,17)(H2,14,15,18). The molecule has 6 heteroatoms. The fraction of sp³-hybridized carbons (Fsp3) is 0.538. The van der Waals surface area contributed by atoms with Crippen LogP contribution in [0, 0.1) is 0 Å². The van der Waals surface area contributed by atoms with Crippen LogP contribution in [0.2, 0.25) is 0 Å². The summed E-state index contributed by atoms with van der Waals surface area (Å²) in [6, 6.07) is 1.33. The van der Waals surface area contributed by atoms with Crippen LogP contribution in [0.5, 0.6) is 0 Å². The molecule has 0 fully saturated rings. The third-order valence-electron chi connectivity index (χ3n) is 3.36. The molecule has 0 saturated heterocycles. The Hall–Kier alpha value is -1.56. The normalized spacial score (nSPS) is 12.8. The molecule has 1 aromatic rings. The van der Waals surface area contributed by atoms with Crippen molar-refractivity contribution in [2.75, 3.05) is 0 Å². The summed E-state index contributed by atoms with van der Waals surface area (Å²) in [5, 5.41) is 18.5. The zero-order chi connectivity index (χ0) is 14.5. The molecule has 0 saturated carbocycles. The molecule has 0 aliphatic rings. The fourth-order valence-electron chi connectivity index (χ4n) is 1.84. The van der Waals surface area contributed by atoms with Crippen molar-refractivity contribution in [3.05, 3.63) is 22.4 Å². The van der Waals surface area contributed by atoms with Crippen molar-refractivity contribution < 1.29 is 14.7 Å². The van der Waals surface area contributed by atoms with E-state index in [2.05, 4.69) is 10.6 Å². The third kappa shape index (κ3) is 3.70. The number of carboxylic acid groups (broad SMARTS) is 1. The molecule has 0 bridgehead atoms. The maximum atomic E-state index is 11.9. The average Bonchev–Trinajstić information content (AvgIpc) is 2.89. The van der Waals surface area contributed by atoms with E-state index in [4.69, 9.17) is 0 Å². The van der Waals surface area contributed by atoms with Crippen molar-refractivity contribution in [2.45, 2.75) is 45.2 Å². The fourth-order valence-corrected chi connectivity index (χ4v) is 2.59. The van der Waals surface area contributed by atoms with Crippen LogP contribution in [0.15, 0.2) is 16.8 Å². The van der Waals surface area contributed by atoms with E-state index in [1.165, 1.54) is 0 Å². The summed E-state index contributed by atoms with van der Waals surface area (Å²) in [5.74, 6) is -1.00. The number of urea groups is 1. The summed E-state index contributed by atoms with van der Waals surface area (Å²) in [6.07, 6.45) is 0.693. The van der Waals surface area contributed by atoms with Gasteiger partial charge in [-0.2, -0.15) is 11.3 Å². The summed E-state index contributed by atoms with van der Waals surface area (Å²) in [5.41, 5.74) is -0.188. The second-order valence-electron chi connectivity index (χ2n) is 4.47. The largest absolute Gasteiger partial charge is 0.480 e. The van der Waals surface area contributed by atoms with Gasteiger partial charge < -0.3 is 15.7 Å². The van der Waals surface area contributed by atoms with Crippen LogP contribution in [0.1, 0.15) is 45.2 Å². The third-order valence-corrected chi connectivity index (χ3v) is 4.06. The minimum absolute atomic E-state index is 0.147. The van der Waals surface area contributed by atoms with Gasteiger partial charge in [0.1, 0.15) is 5.54 Å². The summed E-state index contributed by atoms with van der Waals surface area (Å²) >= 11 is 1.56. The Kier molecular flexibility index (Phi) is 5.35. The molecule has 1 rings (SSSR count). The van der Waals surface area contributed by atoms with E-state index in [1.54, 1.807) is 25.2 Å². The molecular weight excluding hydrogens is 264 g/mol. The number of carboxylic acids is 1. The molecule has 1 unspecified atom stereocenters. The van der Waals surface area contributed by atoms with Crippen molar-refractivity contribution in [3.63, 3.8) is 0 Å². The number of aliphatic carboxylic acids is 1. The lowest BCUT2D eigenvalue weighted by atomic mass is 9.93. The lowest BCUT2D eigenvalue weighted by molar-refractivity contribution is -0.144. The van der Waals surface area contributed by atoms with Crippen LogP contribution in [0.25, 0.3) is 0 Å². The van der Waals surface area contributed by atoms with Crippen LogP contribution >= 0.6 is 11.3 Å². The maximum absolute atomic E-state index is 11.9. The van der Waals surface area contributed by atoms with Gasteiger partial charge in [0.05, 0.1) is 6.04 Å². The van der Waals surface area contributed by atoms with E-state index in [9.17, 15) is 14.7 Å².